The number of pyridine rings is 1. The zero-order valence-electron chi connectivity index (χ0n) is 22.3. The maximum atomic E-state index is 5.10. The van der Waals surface area contributed by atoms with Crippen molar-refractivity contribution >= 4 is 32.7 Å². The molecule has 6 aromatic carbocycles. The van der Waals surface area contributed by atoms with Gasteiger partial charge in [-0.15, -0.1) is 0 Å². The van der Waals surface area contributed by atoms with Gasteiger partial charge in [0.25, 0.3) is 0 Å². The van der Waals surface area contributed by atoms with E-state index in [1.54, 1.807) is 0 Å². The number of benzene rings is 6. The number of aromatic nitrogens is 2. The Labute approximate surface area is 237 Å². The van der Waals surface area contributed by atoms with E-state index in [-0.39, 0.29) is 0 Å². The topological polar surface area (TPSA) is 17.8 Å². The molecule has 2 nitrogen and oxygen atoms in total. The molecule has 0 atom stereocenters. The van der Waals surface area contributed by atoms with Crippen LogP contribution in [-0.2, 0) is 0 Å². The lowest BCUT2D eigenvalue weighted by atomic mass is 9.99. The van der Waals surface area contributed by atoms with E-state index in [2.05, 4.69) is 150 Å². The molecule has 9 rings (SSSR count). The summed E-state index contributed by atoms with van der Waals surface area (Å²) in [6.07, 6.45) is 0. The zero-order valence-corrected chi connectivity index (χ0v) is 22.3. The fourth-order valence-corrected chi connectivity index (χ4v) is 6.67. The molecular weight excluding hydrogens is 496 g/mol. The molecule has 0 N–H and O–H groups in total. The number of para-hydroxylation sites is 2. The average Bonchev–Trinajstić information content (AvgIpc) is 3.55. The molecule has 0 bridgehead atoms. The van der Waals surface area contributed by atoms with Crippen LogP contribution < -0.4 is 0 Å². The summed E-state index contributed by atoms with van der Waals surface area (Å²) in [6, 6.07) is 52.4. The van der Waals surface area contributed by atoms with E-state index in [9.17, 15) is 0 Å². The van der Waals surface area contributed by atoms with Gasteiger partial charge in [0.15, 0.2) is 0 Å². The number of nitrogens with zero attached hydrogens (tertiary/aromatic N) is 2. The molecule has 0 amide bonds. The number of hydrogen-bond acceptors (Lipinski definition) is 1. The highest BCUT2D eigenvalue weighted by atomic mass is 15.0. The van der Waals surface area contributed by atoms with Gasteiger partial charge in [-0.05, 0) is 75.8 Å². The van der Waals surface area contributed by atoms with Gasteiger partial charge in [0, 0.05) is 27.4 Å². The first kappa shape index (κ1) is 22.4. The summed E-state index contributed by atoms with van der Waals surface area (Å²) in [5, 5.41) is 3.79. The van der Waals surface area contributed by atoms with E-state index >= 15 is 0 Å². The molecule has 1 aliphatic rings. The molecule has 0 saturated heterocycles. The standard InChI is InChI=1S/C39H24N2/c1-2-9-28(10-3-1)41-37-16-7-6-13-31(37)33-23-27(21-22-38(33)41)25-17-19-26(20-18-25)36-24-34-30-12-5-4-11-29(30)32-14-8-15-35(40-36)39(32)34/h1-24H. The van der Waals surface area contributed by atoms with Crippen LogP contribution in [0.4, 0.5) is 0 Å². The summed E-state index contributed by atoms with van der Waals surface area (Å²) in [7, 11) is 0. The summed E-state index contributed by atoms with van der Waals surface area (Å²) in [6.45, 7) is 0. The first-order valence-electron chi connectivity index (χ1n) is 14.1. The first-order valence-corrected chi connectivity index (χ1v) is 14.1. The Hall–Kier alpha value is -5.47. The number of fused-ring (bicyclic) bond motifs is 6. The van der Waals surface area contributed by atoms with Crippen LogP contribution in [0.25, 0.3) is 83.0 Å². The molecule has 0 aliphatic heterocycles. The molecule has 0 fully saturated rings. The van der Waals surface area contributed by atoms with Gasteiger partial charge in [0.2, 0.25) is 0 Å². The maximum Gasteiger partial charge on any atom is 0.0722 e. The summed E-state index contributed by atoms with van der Waals surface area (Å²) < 4.78 is 2.36. The van der Waals surface area contributed by atoms with Crippen molar-refractivity contribution in [3.05, 3.63) is 146 Å². The fraction of sp³-hybridized carbons (Fsp3) is 0. The summed E-state index contributed by atoms with van der Waals surface area (Å²) in [5.41, 5.74) is 14.4. The van der Waals surface area contributed by atoms with E-state index in [4.69, 9.17) is 4.98 Å². The van der Waals surface area contributed by atoms with Crippen molar-refractivity contribution in [3.8, 4) is 50.3 Å². The van der Waals surface area contributed by atoms with Gasteiger partial charge in [0.1, 0.15) is 0 Å². The normalized spacial score (nSPS) is 11.9. The van der Waals surface area contributed by atoms with Gasteiger partial charge in [-0.25, -0.2) is 4.98 Å². The Morgan fingerprint density at radius 1 is 0.415 bits per heavy atom. The predicted octanol–water partition coefficient (Wildman–Crippen LogP) is 10.3. The predicted molar refractivity (Wildman–Crippen MR) is 171 cm³/mol. The SMILES string of the molecule is c1ccc(-n2c3ccccc3c3cc(-c4ccc(-c5cc6c7c(cccc7n5)-c5ccccc5-6)cc4)ccc32)cc1. The van der Waals surface area contributed by atoms with Crippen LogP contribution >= 0.6 is 0 Å². The molecule has 0 saturated carbocycles. The van der Waals surface area contributed by atoms with Crippen LogP contribution in [0.1, 0.15) is 0 Å². The smallest absolute Gasteiger partial charge is 0.0722 e. The number of hydrogen-bond donors (Lipinski definition) is 0. The van der Waals surface area contributed by atoms with E-state index in [0.29, 0.717) is 0 Å². The second kappa shape index (κ2) is 8.51. The monoisotopic (exact) mass is 520 g/mol. The van der Waals surface area contributed by atoms with Crippen molar-refractivity contribution in [1.82, 2.24) is 9.55 Å². The second-order valence-corrected chi connectivity index (χ2v) is 10.8. The highest BCUT2D eigenvalue weighted by Crippen LogP contribution is 2.47. The molecule has 1 aliphatic carbocycles. The van der Waals surface area contributed by atoms with Gasteiger partial charge >= 0.3 is 0 Å². The lowest BCUT2D eigenvalue weighted by Gasteiger charge is -2.09. The van der Waals surface area contributed by atoms with Crippen LogP contribution in [-0.4, -0.2) is 9.55 Å². The molecule has 190 valence electrons. The van der Waals surface area contributed by atoms with E-state index in [1.165, 1.54) is 66.3 Å². The fourth-order valence-electron chi connectivity index (χ4n) is 6.67. The maximum absolute atomic E-state index is 5.10. The molecule has 2 heteroatoms. The molecule has 0 radical (unpaired) electrons. The van der Waals surface area contributed by atoms with E-state index < -0.39 is 0 Å². The quantitative estimate of drug-likeness (QED) is 0.227. The molecule has 0 unspecified atom stereocenters. The third-order valence-corrected chi connectivity index (χ3v) is 8.54. The minimum atomic E-state index is 1.01. The van der Waals surface area contributed by atoms with Crippen molar-refractivity contribution in [1.29, 1.82) is 0 Å². The third kappa shape index (κ3) is 3.28. The Morgan fingerprint density at radius 3 is 1.93 bits per heavy atom. The van der Waals surface area contributed by atoms with E-state index in [1.807, 2.05) is 0 Å². The van der Waals surface area contributed by atoms with Gasteiger partial charge in [-0.2, -0.15) is 0 Å². The molecule has 2 aromatic heterocycles. The van der Waals surface area contributed by atoms with Crippen LogP contribution in [0.3, 0.4) is 0 Å². The molecule has 0 spiro atoms. The second-order valence-electron chi connectivity index (χ2n) is 10.8. The molecule has 2 heterocycles. The Morgan fingerprint density at radius 2 is 1.07 bits per heavy atom. The van der Waals surface area contributed by atoms with Crippen LogP contribution in [0, 0.1) is 0 Å². The van der Waals surface area contributed by atoms with E-state index in [0.717, 1.165) is 16.8 Å². The molecule has 41 heavy (non-hydrogen) atoms. The first-order chi connectivity index (χ1) is 20.3. The van der Waals surface area contributed by atoms with Crippen LogP contribution in [0.15, 0.2) is 146 Å². The van der Waals surface area contributed by atoms with Crippen molar-refractivity contribution in [3.63, 3.8) is 0 Å². The number of rotatable bonds is 3. The van der Waals surface area contributed by atoms with Crippen molar-refractivity contribution in [2.45, 2.75) is 0 Å². The van der Waals surface area contributed by atoms with Crippen molar-refractivity contribution in [2.24, 2.45) is 0 Å². The Balaban J connectivity index is 1.15. The van der Waals surface area contributed by atoms with Crippen molar-refractivity contribution in [2.75, 3.05) is 0 Å². The highest BCUT2D eigenvalue weighted by molar-refractivity contribution is 6.15. The van der Waals surface area contributed by atoms with Gasteiger partial charge in [-0.1, -0.05) is 103 Å². The minimum absolute atomic E-state index is 1.01. The van der Waals surface area contributed by atoms with Crippen molar-refractivity contribution < 1.29 is 0 Å². The van der Waals surface area contributed by atoms with Crippen LogP contribution in [0.2, 0.25) is 0 Å². The summed E-state index contributed by atoms with van der Waals surface area (Å²) >= 11 is 0. The minimum Gasteiger partial charge on any atom is -0.309 e. The van der Waals surface area contributed by atoms with Crippen LogP contribution in [0.5, 0.6) is 0 Å². The van der Waals surface area contributed by atoms with Gasteiger partial charge in [0.05, 0.1) is 22.2 Å². The third-order valence-electron chi connectivity index (χ3n) is 8.54. The zero-order chi connectivity index (χ0) is 26.9. The van der Waals surface area contributed by atoms with Gasteiger partial charge < -0.3 is 4.57 Å². The largest absolute Gasteiger partial charge is 0.309 e. The summed E-state index contributed by atoms with van der Waals surface area (Å²) in [4.78, 5) is 5.10. The summed E-state index contributed by atoms with van der Waals surface area (Å²) in [5.74, 6) is 0. The lowest BCUT2D eigenvalue weighted by Crippen LogP contribution is -1.92. The molecule has 8 aromatic rings. The highest BCUT2D eigenvalue weighted by Gasteiger charge is 2.22. The molecular formula is C39H24N2. The lowest BCUT2D eigenvalue weighted by molar-refractivity contribution is 1.18. The Bertz CT molecular complexity index is 2290. The van der Waals surface area contributed by atoms with Gasteiger partial charge in [-0.3, -0.25) is 0 Å². The Kier molecular flexibility index (Phi) is 4.64. The average molecular weight is 521 g/mol.